The fraction of sp³-hybridized carbons (Fsp3) is 0.316. The highest BCUT2D eigenvalue weighted by Gasteiger charge is 2.23. The van der Waals surface area contributed by atoms with Crippen LogP contribution >= 0.6 is 11.3 Å². The van der Waals surface area contributed by atoms with Crippen molar-refractivity contribution in [2.24, 2.45) is 0 Å². The van der Waals surface area contributed by atoms with E-state index in [1.807, 2.05) is 53.2 Å². The van der Waals surface area contributed by atoms with Crippen molar-refractivity contribution in [1.82, 2.24) is 14.9 Å². The first kappa shape index (κ1) is 16.8. The van der Waals surface area contributed by atoms with Crippen LogP contribution in [0, 0.1) is 0 Å². The Morgan fingerprint density at radius 3 is 2.62 bits per heavy atom. The van der Waals surface area contributed by atoms with E-state index in [-0.39, 0.29) is 5.91 Å². The summed E-state index contributed by atoms with van der Waals surface area (Å²) in [5.74, 6) is 1.12. The predicted octanol–water partition coefficient (Wildman–Crippen LogP) is 2.48. The summed E-state index contributed by atoms with van der Waals surface area (Å²) in [4.78, 5) is 27.8. The van der Waals surface area contributed by atoms with E-state index in [0.29, 0.717) is 6.54 Å². The van der Waals surface area contributed by atoms with Crippen LogP contribution < -0.4 is 9.80 Å². The van der Waals surface area contributed by atoms with Crippen LogP contribution in [0.1, 0.15) is 0 Å². The number of likely N-dealkylation sites (N-methyl/N-ethyl adjacent to an activating group) is 1. The van der Waals surface area contributed by atoms with Crippen LogP contribution in [0.4, 0.5) is 10.9 Å². The van der Waals surface area contributed by atoms with Gasteiger partial charge in [-0.15, -0.1) is 0 Å². The molecule has 0 N–H and O–H groups in total. The average molecular weight is 367 g/mol. The number of aromatic nitrogens is 2. The first-order valence-electron chi connectivity index (χ1n) is 8.71. The van der Waals surface area contributed by atoms with Gasteiger partial charge in [0.15, 0.2) is 5.13 Å². The van der Waals surface area contributed by atoms with Crippen LogP contribution in [0.25, 0.3) is 10.2 Å². The maximum atomic E-state index is 12.7. The largest absolute Gasteiger partial charge is 0.353 e. The van der Waals surface area contributed by atoms with Crippen LogP contribution in [-0.4, -0.2) is 60.5 Å². The third-order valence-electron chi connectivity index (χ3n) is 4.59. The molecule has 1 fully saturated rings. The first-order chi connectivity index (χ1) is 12.7. The van der Waals surface area contributed by atoms with Crippen LogP contribution in [-0.2, 0) is 4.79 Å². The van der Waals surface area contributed by atoms with E-state index in [1.165, 1.54) is 0 Å². The molecule has 3 heterocycles. The molecule has 0 unspecified atom stereocenters. The Morgan fingerprint density at radius 2 is 1.88 bits per heavy atom. The highest BCUT2D eigenvalue weighted by Crippen LogP contribution is 2.27. The van der Waals surface area contributed by atoms with Crippen molar-refractivity contribution in [3.05, 3.63) is 48.7 Å². The van der Waals surface area contributed by atoms with Crippen LogP contribution in [0.3, 0.4) is 0 Å². The molecule has 0 saturated carbocycles. The summed E-state index contributed by atoms with van der Waals surface area (Å²) in [5.41, 5.74) is 0.982. The number of carbonyl (C=O) groups excluding carboxylic acids is 1. The van der Waals surface area contributed by atoms with Crippen molar-refractivity contribution in [3.8, 4) is 0 Å². The number of rotatable bonds is 4. The lowest BCUT2D eigenvalue weighted by atomic mass is 10.3. The van der Waals surface area contributed by atoms with Crippen LogP contribution in [0.2, 0.25) is 0 Å². The molecular weight excluding hydrogens is 346 g/mol. The van der Waals surface area contributed by atoms with E-state index >= 15 is 0 Å². The molecule has 0 aliphatic carbocycles. The molecule has 1 saturated heterocycles. The Labute approximate surface area is 156 Å². The van der Waals surface area contributed by atoms with Crippen molar-refractivity contribution in [2.75, 3.05) is 49.6 Å². The Bertz CT molecular complexity index is 856. The van der Waals surface area contributed by atoms with Crippen molar-refractivity contribution >= 4 is 38.4 Å². The number of carbonyl (C=O) groups is 1. The van der Waals surface area contributed by atoms with Crippen molar-refractivity contribution < 1.29 is 4.79 Å². The van der Waals surface area contributed by atoms with Gasteiger partial charge < -0.3 is 14.7 Å². The second kappa shape index (κ2) is 7.29. The molecular formula is C19H21N5OS. The minimum absolute atomic E-state index is 0.146. The molecule has 26 heavy (non-hydrogen) atoms. The smallest absolute Gasteiger partial charge is 0.242 e. The Morgan fingerprint density at radius 1 is 1.12 bits per heavy atom. The lowest BCUT2D eigenvalue weighted by molar-refractivity contribution is -0.129. The topological polar surface area (TPSA) is 52.6 Å². The molecule has 0 bridgehead atoms. The minimum atomic E-state index is 0.146. The van der Waals surface area contributed by atoms with Gasteiger partial charge in [0.05, 0.1) is 16.8 Å². The normalized spacial score (nSPS) is 14.7. The SMILES string of the molecule is CN(CC(=O)N1CCN(c2ccccn2)CC1)c1nc2ccccc2s1. The van der Waals surface area contributed by atoms with Crippen LogP contribution in [0.5, 0.6) is 0 Å². The minimum Gasteiger partial charge on any atom is -0.353 e. The second-order valence-corrected chi connectivity index (χ2v) is 7.39. The zero-order chi connectivity index (χ0) is 17.9. The van der Waals surface area contributed by atoms with Gasteiger partial charge in [0.1, 0.15) is 5.82 Å². The quantitative estimate of drug-likeness (QED) is 0.709. The fourth-order valence-electron chi connectivity index (χ4n) is 3.12. The number of amides is 1. The number of benzene rings is 1. The molecule has 1 aliphatic rings. The summed E-state index contributed by atoms with van der Waals surface area (Å²) in [5, 5.41) is 0.881. The molecule has 3 aromatic rings. The van der Waals surface area contributed by atoms with Crippen LogP contribution in [0.15, 0.2) is 48.7 Å². The Kier molecular flexibility index (Phi) is 4.71. The average Bonchev–Trinajstić information content (AvgIpc) is 3.13. The summed E-state index contributed by atoms with van der Waals surface area (Å²) < 4.78 is 1.14. The summed E-state index contributed by atoms with van der Waals surface area (Å²) in [7, 11) is 1.93. The fourth-order valence-corrected chi connectivity index (χ4v) is 4.05. The molecule has 0 atom stereocenters. The summed E-state index contributed by atoms with van der Waals surface area (Å²) in [6.07, 6.45) is 1.81. The summed E-state index contributed by atoms with van der Waals surface area (Å²) >= 11 is 1.62. The third-order valence-corrected chi connectivity index (χ3v) is 5.74. The van der Waals surface area contributed by atoms with Crippen molar-refractivity contribution in [1.29, 1.82) is 0 Å². The second-order valence-electron chi connectivity index (χ2n) is 6.38. The van der Waals surface area contributed by atoms with Gasteiger partial charge in [0, 0.05) is 39.4 Å². The van der Waals surface area contributed by atoms with Gasteiger partial charge in [0.2, 0.25) is 5.91 Å². The van der Waals surface area contributed by atoms with Gasteiger partial charge in [-0.1, -0.05) is 29.5 Å². The highest BCUT2D eigenvalue weighted by molar-refractivity contribution is 7.22. The van der Waals surface area contributed by atoms with E-state index in [1.54, 1.807) is 17.5 Å². The van der Waals surface area contributed by atoms with Gasteiger partial charge >= 0.3 is 0 Å². The number of piperazine rings is 1. The molecule has 1 aromatic carbocycles. The van der Waals surface area contributed by atoms with E-state index in [2.05, 4.69) is 20.9 Å². The lowest BCUT2D eigenvalue weighted by Crippen LogP contribution is -2.51. The molecule has 4 rings (SSSR count). The number of fused-ring (bicyclic) bond motifs is 1. The maximum absolute atomic E-state index is 12.7. The van der Waals surface area contributed by atoms with Gasteiger partial charge in [-0.3, -0.25) is 4.79 Å². The zero-order valence-electron chi connectivity index (χ0n) is 14.7. The molecule has 1 amide bonds. The number of nitrogens with zero attached hydrogens (tertiary/aromatic N) is 5. The molecule has 2 aromatic heterocycles. The highest BCUT2D eigenvalue weighted by atomic mass is 32.1. The number of hydrogen-bond acceptors (Lipinski definition) is 6. The molecule has 1 aliphatic heterocycles. The molecule has 0 spiro atoms. The van der Waals surface area contributed by atoms with E-state index in [0.717, 1.165) is 47.3 Å². The number of para-hydroxylation sites is 1. The first-order valence-corrected chi connectivity index (χ1v) is 9.53. The maximum Gasteiger partial charge on any atom is 0.242 e. The number of thiazole rings is 1. The summed E-state index contributed by atoms with van der Waals surface area (Å²) in [6.45, 7) is 3.43. The third kappa shape index (κ3) is 3.48. The Balaban J connectivity index is 1.35. The molecule has 6 nitrogen and oxygen atoms in total. The Hall–Kier alpha value is -2.67. The molecule has 7 heteroatoms. The van der Waals surface area contributed by atoms with Crippen molar-refractivity contribution in [3.63, 3.8) is 0 Å². The van der Waals surface area contributed by atoms with Crippen molar-refractivity contribution in [2.45, 2.75) is 0 Å². The van der Waals surface area contributed by atoms with Gasteiger partial charge in [0.25, 0.3) is 0 Å². The zero-order valence-corrected chi connectivity index (χ0v) is 15.5. The predicted molar refractivity (Wildman–Crippen MR) is 106 cm³/mol. The lowest BCUT2D eigenvalue weighted by Gasteiger charge is -2.36. The van der Waals surface area contributed by atoms with E-state index in [9.17, 15) is 4.79 Å². The van der Waals surface area contributed by atoms with Gasteiger partial charge in [-0.2, -0.15) is 0 Å². The van der Waals surface area contributed by atoms with Gasteiger partial charge in [-0.25, -0.2) is 9.97 Å². The summed E-state index contributed by atoms with van der Waals surface area (Å²) in [6, 6.07) is 14.0. The molecule has 134 valence electrons. The molecule has 0 radical (unpaired) electrons. The number of anilines is 2. The van der Waals surface area contributed by atoms with E-state index < -0.39 is 0 Å². The number of hydrogen-bond donors (Lipinski definition) is 0. The number of pyridine rings is 1. The van der Waals surface area contributed by atoms with Gasteiger partial charge in [-0.05, 0) is 24.3 Å². The van der Waals surface area contributed by atoms with E-state index in [4.69, 9.17) is 0 Å². The standard InChI is InChI=1S/C19H21N5OS/c1-22(19-21-15-6-2-3-7-16(15)26-19)14-18(25)24-12-10-23(11-13-24)17-8-4-5-9-20-17/h2-9H,10-14H2,1H3. The monoisotopic (exact) mass is 367 g/mol.